The minimum Gasteiger partial charge on any atom is -0.399 e. The number of hydrogen-bond donors (Lipinski definition) is 1. The first kappa shape index (κ1) is 12.4. The topological polar surface area (TPSA) is 46.3 Å². The Hall–Kier alpha value is -1.03. The van der Waals surface area contributed by atoms with E-state index in [2.05, 4.69) is 22.9 Å². The minimum atomic E-state index is 0.0794. The van der Waals surface area contributed by atoms with Crippen LogP contribution in [0.3, 0.4) is 0 Å². The van der Waals surface area contributed by atoms with Crippen molar-refractivity contribution in [1.82, 2.24) is 4.90 Å². The Labute approximate surface area is 110 Å². The lowest BCUT2D eigenvalue weighted by Crippen LogP contribution is -2.39. The number of halogens is 1. The zero-order chi connectivity index (χ0) is 12.4. The highest BCUT2D eigenvalue weighted by atomic mass is 79.9. The van der Waals surface area contributed by atoms with Crippen LogP contribution in [-0.2, 0) is 0 Å². The molecule has 1 heterocycles. The van der Waals surface area contributed by atoms with Crippen molar-refractivity contribution in [3.63, 3.8) is 0 Å². The molecule has 0 aliphatic carbocycles. The van der Waals surface area contributed by atoms with E-state index in [9.17, 15) is 4.79 Å². The molecule has 3 nitrogen and oxygen atoms in total. The molecule has 1 aliphatic heterocycles. The van der Waals surface area contributed by atoms with Crippen LogP contribution < -0.4 is 5.73 Å². The van der Waals surface area contributed by atoms with Crippen LogP contribution in [-0.4, -0.2) is 23.9 Å². The Kier molecular flexibility index (Phi) is 3.72. The van der Waals surface area contributed by atoms with Crippen molar-refractivity contribution < 1.29 is 4.79 Å². The fourth-order valence-electron chi connectivity index (χ4n) is 2.25. The quantitative estimate of drug-likeness (QED) is 0.810. The highest BCUT2D eigenvalue weighted by molar-refractivity contribution is 9.10. The Morgan fingerprint density at radius 1 is 1.53 bits per heavy atom. The smallest absolute Gasteiger partial charge is 0.255 e. The summed E-state index contributed by atoms with van der Waals surface area (Å²) < 4.78 is 0.815. The van der Waals surface area contributed by atoms with Gasteiger partial charge in [0.25, 0.3) is 5.91 Å². The monoisotopic (exact) mass is 296 g/mol. The number of nitrogen functional groups attached to an aromatic ring is 1. The Balaban J connectivity index is 2.21. The number of nitrogens with two attached hydrogens (primary N) is 1. The summed E-state index contributed by atoms with van der Waals surface area (Å²) in [4.78, 5) is 14.3. The Morgan fingerprint density at radius 3 is 3.00 bits per heavy atom. The molecule has 1 unspecified atom stereocenters. The van der Waals surface area contributed by atoms with Gasteiger partial charge in [0.1, 0.15) is 0 Å². The number of amides is 1. The third-order valence-electron chi connectivity index (χ3n) is 3.17. The summed E-state index contributed by atoms with van der Waals surface area (Å²) in [6.45, 7) is 3.89. The van der Waals surface area contributed by atoms with E-state index in [1.807, 2.05) is 11.0 Å². The molecule has 1 aromatic carbocycles. The molecule has 1 atom stereocenters. The van der Waals surface area contributed by atoms with E-state index in [0.29, 0.717) is 17.2 Å². The van der Waals surface area contributed by atoms with Gasteiger partial charge in [-0.25, -0.2) is 0 Å². The molecular formula is C13H17BrN2O. The lowest BCUT2D eigenvalue weighted by molar-refractivity contribution is 0.0682. The summed E-state index contributed by atoms with van der Waals surface area (Å²) in [6, 6.07) is 5.36. The molecule has 2 N–H and O–H groups in total. The predicted molar refractivity (Wildman–Crippen MR) is 72.9 cm³/mol. The van der Waals surface area contributed by atoms with Gasteiger partial charge in [-0.3, -0.25) is 4.79 Å². The van der Waals surface area contributed by atoms with Gasteiger partial charge in [-0.15, -0.1) is 0 Å². The van der Waals surface area contributed by atoms with E-state index < -0.39 is 0 Å². The molecule has 0 aromatic heterocycles. The summed E-state index contributed by atoms with van der Waals surface area (Å²) in [6.07, 6.45) is 2.30. The van der Waals surface area contributed by atoms with Crippen LogP contribution in [0.5, 0.6) is 0 Å². The Morgan fingerprint density at radius 2 is 2.29 bits per heavy atom. The predicted octanol–water partition coefficient (Wildman–Crippen LogP) is 2.90. The average Bonchev–Trinajstić information content (AvgIpc) is 2.31. The third kappa shape index (κ3) is 2.80. The third-order valence-corrected chi connectivity index (χ3v) is 3.86. The van der Waals surface area contributed by atoms with E-state index in [0.717, 1.165) is 24.0 Å². The molecule has 4 heteroatoms. The van der Waals surface area contributed by atoms with E-state index in [-0.39, 0.29) is 5.91 Å². The van der Waals surface area contributed by atoms with Gasteiger partial charge in [-0.05, 0) is 52.9 Å². The van der Waals surface area contributed by atoms with Gasteiger partial charge in [0.2, 0.25) is 0 Å². The van der Waals surface area contributed by atoms with Crippen molar-refractivity contribution in [2.45, 2.75) is 19.8 Å². The van der Waals surface area contributed by atoms with Crippen molar-refractivity contribution >= 4 is 27.5 Å². The van der Waals surface area contributed by atoms with Crippen LogP contribution in [0.15, 0.2) is 22.7 Å². The summed E-state index contributed by atoms with van der Waals surface area (Å²) >= 11 is 3.41. The van der Waals surface area contributed by atoms with Crippen molar-refractivity contribution in [2.24, 2.45) is 5.92 Å². The lowest BCUT2D eigenvalue weighted by atomic mass is 9.99. The second-order valence-corrected chi connectivity index (χ2v) is 5.59. The largest absolute Gasteiger partial charge is 0.399 e. The molecule has 1 aliphatic rings. The zero-order valence-corrected chi connectivity index (χ0v) is 11.5. The fraction of sp³-hybridized carbons (Fsp3) is 0.462. The van der Waals surface area contributed by atoms with Gasteiger partial charge in [-0.2, -0.15) is 0 Å². The number of piperidine rings is 1. The molecule has 1 amide bonds. The molecule has 0 spiro atoms. The first-order chi connectivity index (χ1) is 8.08. The molecule has 1 fully saturated rings. The van der Waals surface area contributed by atoms with Crippen LogP contribution in [0.1, 0.15) is 30.1 Å². The summed E-state index contributed by atoms with van der Waals surface area (Å²) in [7, 11) is 0. The van der Waals surface area contributed by atoms with E-state index in [4.69, 9.17) is 5.73 Å². The SMILES string of the molecule is CC1CCCN(C(=O)c2cc(N)ccc2Br)C1. The van der Waals surface area contributed by atoms with Gasteiger partial charge in [0.15, 0.2) is 0 Å². The standard InChI is InChI=1S/C13H17BrN2O/c1-9-3-2-6-16(8-9)13(17)11-7-10(15)4-5-12(11)14/h4-5,7,9H,2-3,6,8,15H2,1H3. The van der Waals surface area contributed by atoms with Gasteiger partial charge < -0.3 is 10.6 Å². The summed E-state index contributed by atoms with van der Waals surface area (Å²) in [5.74, 6) is 0.670. The number of carbonyl (C=O) groups excluding carboxylic acids is 1. The normalized spacial score (nSPS) is 20.4. The van der Waals surface area contributed by atoms with Crippen molar-refractivity contribution in [3.8, 4) is 0 Å². The molecular weight excluding hydrogens is 280 g/mol. The Bertz CT molecular complexity index is 433. The highest BCUT2D eigenvalue weighted by Gasteiger charge is 2.23. The molecule has 17 heavy (non-hydrogen) atoms. The highest BCUT2D eigenvalue weighted by Crippen LogP contribution is 2.24. The first-order valence-corrected chi connectivity index (χ1v) is 6.71. The van der Waals surface area contributed by atoms with Crippen LogP contribution in [0.4, 0.5) is 5.69 Å². The first-order valence-electron chi connectivity index (χ1n) is 5.92. The summed E-state index contributed by atoms with van der Waals surface area (Å²) in [5, 5.41) is 0. The number of rotatable bonds is 1. The second kappa shape index (κ2) is 5.08. The van der Waals surface area contributed by atoms with Crippen LogP contribution >= 0.6 is 15.9 Å². The van der Waals surface area contributed by atoms with Crippen molar-refractivity contribution in [1.29, 1.82) is 0 Å². The summed E-state index contributed by atoms with van der Waals surface area (Å²) in [5.41, 5.74) is 7.02. The second-order valence-electron chi connectivity index (χ2n) is 4.74. The van der Waals surface area contributed by atoms with Crippen LogP contribution in [0.2, 0.25) is 0 Å². The number of likely N-dealkylation sites (tertiary alicyclic amines) is 1. The van der Waals surface area contributed by atoms with Crippen molar-refractivity contribution in [2.75, 3.05) is 18.8 Å². The molecule has 92 valence electrons. The van der Waals surface area contributed by atoms with Crippen LogP contribution in [0, 0.1) is 5.92 Å². The number of anilines is 1. The fourth-order valence-corrected chi connectivity index (χ4v) is 2.67. The average molecular weight is 297 g/mol. The van der Waals surface area contributed by atoms with Gasteiger partial charge in [-0.1, -0.05) is 6.92 Å². The van der Waals surface area contributed by atoms with E-state index in [1.54, 1.807) is 12.1 Å². The van der Waals surface area contributed by atoms with Gasteiger partial charge >= 0.3 is 0 Å². The van der Waals surface area contributed by atoms with Gasteiger partial charge in [0.05, 0.1) is 5.56 Å². The van der Waals surface area contributed by atoms with E-state index >= 15 is 0 Å². The van der Waals surface area contributed by atoms with Crippen molar-refractivity contribution in [3.05, 3.63) is 28.2 Å². The number of carbonyl (C=O) groups is 1. The van der Waals surface area contributed by atoms with E-state index in [1.165, 1.54) is 6.42 Å². The maximum absolute atomic E-state index is 12.4. The minimum absolute atomic E-state index is 0.0794. The molecule has 0 bridgehead atoms. The molecule has 1 aromatic rings. The number of nitrogens with zero attached hydrogens (tertiary/aromatic N) is 1. The molecule has 1 saturated heterocycles. The molecule has 0 radical (unpaired) electrons. The zero-order valence-electron chi connectivity index (χ0n) is 9.95. The van der Waals surface area contributed by atoms with Gasteiger partial charge in [0, 0.05) is 23.2 Å². The molecule has 2 rings (SSSR count). The molecule has 0 saturated carbocycles. The number of hydrogen-bond acceptors (Lipinski definition) is 2. The maximum atomic E-state index is 12.4. The lowest BCUT2D eigenvalue weighted by Gasteiger charge is -2.31. The number of benzene rings is 1. The maximum Gasteiger partial charge on any atom is 0.255 e. The van der Waals surface area contributed by atoms with Crippen LogP contribution in [0.25, 0.3) is 0 Å².